The van der Waals surface area contributed by atoms with Crippen molar-refractivity contribution in [3.8, 4) is 0 Å². The van der Waals surface area contributed by atoms with Crippen LogP contribution in [0.1, 0.15) is 51.5 Å². The summed E-state index contributed by atoms with van der Waals surface area (Å²) in [5, 5.41) is 3.21. The highest BCUT2D eigenvalue weighted by molar-refractivity contribution is 5.97. The Morgan fingerprint density at radius 1 is 1.21 bits per heavy atom. The number of rotatable bonds is 9. The van der Waals surface area contributed by atoms with E-state index in [1.807, 2.05) is 0 Å². The van der Waals surface area contributed by atoms with E-state index >= 15 is 0 Å². The Balaban J connectivity index is 1.95. The van der Waals surface area contributed by atoms with E-state index in [1.165, 1.54) is 26.2 Å². The van der Waals surface area contributed by atoms with E-state index in [2.05, 4.69) is 5.32 Å². The Bertz CT molecular complexity index is 914. The minimum Gasteiger partial charge on any atom is -0.469 e. The van der Waals surface area contributed by atoms with Gasteiger partial charge in [-0.1, -0.05) is 12.1 Å². The topological polar surface area (TPSA) is 102 Å². The Morgan fingerprint density at radius 2 is 1.91 bits per heavy atom. The van der Waals surface area contributed by atoms with Gasteiger partial charge in [-0.15, -0.1) is 0 Å². The molecule has 8 nitrogen and oxygen atoms in total. The lowest BCUT2D eigenvalue weighted by Crippen LogP contribution is -2.58. The zero-order valence-electron chi connectivity index (χ0n) is 20.0. The number of ether oxygens (including phenoxy) is 2. The number of methoxy groups -OCH3 is 1. The maximum atomic E-state index is 14.0. The van der Waals surface area contributed by atoms with Crippen LogP contribution in [0.3, 0.4) is 0 Å². The molecule has 34 heavy (non-hydrogen) atoms. The molecule has 2 aliphatic rings. The van der Waals surface area contributed by atoms with E-state index in [0.29, 0.717) is 25.8 Å². The summed E-state index contributed by atoms with van der Waals surface area (Å²) < 4.78 is 23.6. The van der Waals surface area contributed by atoms with E-state index in [4.69, 9.17) is 9.47 Å². The standard InChI is InChI=1S/C25H33FN2O6/c1-16(34-17(2)29)20(24(32)33-3)14-22(30)25(15-18-7-9-19(26)10-8-18)11-5-13-28(25)23(31)21-6-4-12-27-21/h7-10,16,20-21,27H,4-6,11-15H2,1-3H3/t16-,20+,21+,25?/m1/s1. The highest BCUT2D eigenvalue weighted by atomic mass is 19.1. The third-order valence-electron chi connectivity index (χ3n) is 6.87. The van der Waals surface area contributed by atoms with Crippen LogP contribution in [0, 0.1) is 11.7 Å². The summed E-state index contributed by atoms with van der Waals surface area (Å²) in [5.74, 6) is -3.05. The lowest BCUT2D eigenvalue weighted by molar-refractivity contribution is -0.160. The molecule has 1 N–H and O–H groups in total. The number of benzene rings is 1. The number of ketones is 1. The number of amides is 1. The van der Waals surface area contributed by atoms with Gasteiger partial charge in [0.05, 0.1) is 13.2 Å². The van der Waals surface area contributed by atoms with Gasteiger partial charge in [-0.05, 0) is 56.8 Å². The molecule has 4 atom stereocenters. The average molecular weight is 477 g/mol. The van der Waals surface area contributed by atoms with E-state index in [0.717, 1.165) is 18.5 Å². The fourth-order valence-electron chi connectivity index (χ4n) is 5.12. The van der Waals surface area contributed by atoms with Gasteiger partial charge in [0.15, 0.2) is 5.78 Å². The van der Waals surface area contributed by atoms with E-state index in [9.17, 15) is 23.6 Å². The van der Waals surface area contributed by atoms with Crippen molar-refractivity contribution < 1.29 is 33.0 Å². The molecule has 0 saturated carbocycles. The summed E-state index contributed by atoms with van der Waals surface area (Å²) in [4.78, 5) is 53.0. The zero-order valence-corrected chi connectivity index (χ0v) is 20.0. The van der Waals surface area contributed by atoms with Crippen LogP contribution >= 0.6 is 0 Å². The normalized spacial score (nSPS) is 23.9. The Kier molecular flexibility index (Phi) is 8.41. The third kappa shape index (κ3) is 5.63. The smallest absolute Gasteiger partial charge is 0.312 e. The highest BCUT2D eigenvalue weighted by Gasteiger charge is 2.51. The second-order valence-corrected chi connectivity index (χ2v) is 9.15. The van der Waals surface area contributed by atoms with Crippen LogP contribution in [0.2, 0.25) is 0 Å². The van der Waals surface area contributed by atoms with Crippen molar-refractivity contribution in [2.24, 2.45) is 5.92 Å². The number of hydrogen-bond acceptors (Lipinski definition) is 7. The molecule has 3 rings (SSSR count). The average Bonchev–Trinajstić information content (AvgIpc) is 3.48. The molecule has 1 aromatic rings. The van der Waals surface area contributed by atoms with Crippen LogP contribution in [-0.2, 0) is 35.1 Å². The maximum absolute atomic E-state index is 14.0. The van der Waals surface area contributed by atoms with Crippen LogP contribution in [-0.4, -0.2) is 66.4 Å². The Hall–Kier alpha value is -2.81. The summed E-state index contributed by atoms with van der Waals surface area (Å²) in [6.45, 7) is 3.94. The van der Waals surface area contributed by atoms with Gasteiger partial charge < -0.3 is 19.7 Å². The molecule has 2 aliphatic heterocycles. The molecule has 2 heterocycles. The van der Waals surface area contributed by atoms with Crippen molar-refractivity contribution in [3.63, 3.8) is 0 Å². The van der Waals surface area contributed by atoms with Gasteiger partial charge in [0, 0.05) is 26.3 Å². The molecule has 9 heteroatoms. The molecule has 186 valence electrons. The van der Waals surface area contributed by atoms with Crippen LogP contribution in [0.4, 0.5) is 4.39 Å². The van der Waals surface area contributed by atoms with E-state index < -0.39 is 29.5 Å². The van der Waals surface area contributed by atoms with Gasteiger partial charge in [-0.3, -0.25) is 19.2 Å². The van der Waals surface area contributed by atoms with Crippen molar-refractivity contribution in [2.45, 2.75) is 70.1 Å². The van der Waals surface area contributed by atoms with Crippen molar-refractivity contribution in [3.05, 3.63) is 35.6 Å². The molecule has 2 fully saturated rings. The summed E-state index contributed by atoms with van der Waals surface area (Å²) in [6.07, 6.45) is 1.73. The first kappa shape index (κ1) is 25.8. The van der Waals surface area contributed by atoms with Gasteiger partial charge in [0.1, 0.15) is 23.4 Å². The monoisotopic (exact) mass is 476 g/mol. The molecular formula is C25H33FN2O6. The molecule has 0 spiro atoms. The lowest BCUT2D eigenvalue weighted by Gasteiger charge is -2.40. The number of nitrogens with one attached hydrogen (secondary N) is 1. The Morgan fingerprint density at radius 3 is 2.50 bits per heavy atom. The van der Waals surface area contributed by atoms with Gasteiger partial charge in [0.2, 0.25) is 5.91 Å². The summed E-state index contributed by atoms with van der Waals surface area (Å²) in [7, 11) is 1.21. The van der Waals surface area contributed by atoms with Crippen LogP contribution in [0.25, 0.3) is 0 Å². The molecule has 0 bridgehead atoms. The third-order valence-corrected chi connectivity index (χ3v) is 6.87. The van der Waals surface area contributed by atoms with Crippen LogP contribution in [0.5, 0.6) is 0 Å². The van der Waals surface area contributed by atoms with Gasteiger partial charge in [0.25, 0.3) is 0 Å². The largest absolute Gasteiger partial charge is 0.469 e. The minimum absolute atomic E-state index is 0.131. The molecule has 2 saturated heterocycles. The highest BCUT2D eigenvalue weighted by Crippen LogP contribution is 2.37. The molecule has 0 aromatic heterocycles. The molecule has 1 amide bonds. The molecule has 0 radical (unpaired) electrons. The van der Waals surface area contributed by atoms with Gasteiger partial charge in [-0.2, -0.15) is 0 Å². The number of hydrogen-bond donors (Lipinski definition) is 1. The summed E-state index contributed by atoms with van der Waals surface area (Å²) in [5.41, 5.74) is -0.460. The molecule has 1 aromatic carbocycles. The number of nitrogens with zero attached hydrogens (tertiary/aromatic N) is 1. The number of Topliss-reactive ketones (excluding diaryl/α,β-unsaturated/α-hetero) is 1. The summed E-state index contributed by atoms with van der Waals surface area (Å²) >= 11 is 0. The second kappa shape index (κ2) is 11.1. The number of esters is 2. The summed E-state index contributed by atoms with van der Waals surface area (Å²) in [6, 6.07) is 5.52. The lowest BCUT2D eigenvalue weighted by atomic mass is 9.79. The van der Waals surface area contributed by atoms with E-state index in [-0.39, 0.29) is 36.4 Å². The predicted molar refractivity (Wildman–Crippen MR) is 121 cm³/mol. The van der Waals surface area contributed by atoms with E-state index in [1.54, 1.807) is 24.0 Å². The number of carbonyl (C=O) groups excluding carboxylic acids is 4. The first-order valence-corrected chi connectivity index (χ1v) is 11.8. The number of carbonyl (C=O) groups is 4. The molecule has 1 unspecified atom stereocenters. The van der Waals surface area contributed by atoms with Crippen molar-refractivity contribution >= 4 is 23.6 Å². The maximum Gasteiger partial charge on any atom is 0.312 e. The minimum atomic E-state index is -1.18. The number of halogens is 1. The van der Waals surface area contributed by atoms with Gasteiger partial charge >= 0.3 is 11.9 Å². The fraction of sp³-hybridized carbons (Fsp3) is 0.600. The number of likely N-dealkylation sites (tertiary alicyclic amines) is 1. The fourth-order valence-corrected chi connectivity index (χ4v) is 5.12. The first-order chi connectivity index (χ1) is 16.2. The molecular weight excluding hydrogens is 443 g/mol. The first-order valence-electron chi connectivity index (χ1n) is 11.8. The Labute approximate surface area is 199 Å². The quantitative estimate of drug-likeness (QED) is 0.545. The van der Waals surface area contributed by atoms with Gasteiger partial charge in [-0.25, -0.2) is 4.39 Å². The van der Waals surface area contributed by atoms with Crippen molar-refractivity contribution in [1.82, 2.24) is 10.2 Å². The zero-order chi connectivity index (χ0) is 24.9. The second-order valence-electron chi connectivity index (χ2n) is 9.15. The predicted octanol–water partition coefficient (Wildman–Crippen LogP) is 2.18. The SMILES string of the molecule is COC(=O)[C@@H](CC(=O)C1(Cc2ccc(F)cc2)CCCN1C(=O)[C@@H]1CCCN1)[C@@H](C)OC(C)=O. The van der Waals surface area contributed by atoms with Crippen LogP contribution in [0.15, 0.2) is 24.3 Å². The van der Waals surface area contributed by atoms with Crippen molar-refractivity contribution in [2.75, 3.05) is 20.2 Å². The van der Waals surface area contributed by atoms with Crippen molar-refractivity contribution in [1.29, 1.82) is 0 Å². The molecule has 0 aliphatic carbocycles. The van der Waals surface area contributed by atoms with Crippen LogP contribution < -0.4 is 5.32 Å².